The second-order valence-corrected chi connectivity index (χ2v) is 8.49. The van der Waals surface area contributed by atoms with Gasteiger partial charge in [0.25, 0.3) is 5.91 Å². The number of carbonyl (C=O) groups is 1. The number of likely N-dealkylation sites (tertiary alicyclic amines) is 1. The van der Waals surface area contributed by atoms with Crippen LogP contribution in [0, 0.1) is 8.30 Å². The second-order valence-electron chi connectivity index (χ2n) is 5.68. The Balaban J connectivity index is 1.62. The minimum absolute atomic E-state index is 0.225. The monoisotopic (exact) mass is 390 g/mol. The maximum absolute atomic E-state index is 12.4. The zero-order valence-corrected chi connectivity index (χ0v) is 13.9. The lowest BCUT2D eigenvalue weighted by atomic mass is 9.71. The fraction of sp³-hybridized carbons (Fsp3) is 0.643. The zero-order valence-electron chi connectivity index (χ0n) is 11.0. The SMILES string of the molecule is O=C(c1csc(I)c1)N1CCC2(CCNCC2)CC1. The molecule has 1 spiro atoms. The molecule has 1 N–H and O–H groups in total. The van der Waals surface area contributed by atoms with E-state index in [0.29, 0.717) is 5.41 Å². The Morgan fingerprint density at radius 3 is 2.53 bits per heavy atom. The Bertz CT molecular complexity index is 458. The zero-order chi connectivity index (χ0) is 13.3. The average molecular weight is 390 g/mol. The van der Waals surface area contributed by atoms with Gasteiger partial charge in [-0.05, 0) is 72.8 Å². The molecule has 2 saturated heterocycles. The Kier molecular flexibility index (Phi) is 4.14. The summed E-state index contributed by atoms with van der Waals surface area (Å²) in [6, 6.07) is 2.00. The molecule has 3 nitrogen and oxygen atoms in total. The topological polar surface area (TPSA) is 32.3 Å². The highest BCUT2D eigenvalue weighted by molar-refractivity contribution is 14.1. The number of hydrogen-bond donors (Lipinski definition) is 1. The van der Waals surface area contributed by atoms with Crippen molar-refractivity contribution in [3.8, 4) is 0 Å². The van der Waals surface area contributed by atoms with Gasteiger partial charge in [-0.3, -0.25) is 4.79 Å². The number of thiophene rings is 1. The van der Waals surface area contributed by atoms with E-state index in [2.05, 4.69) is 27.9 Å². The Morgan fingerprint density at radius 1 is 1.26 bits per heavy atom. The summed E-state index contributed by atoms with van der Waals surface area (Å²) in [5.74, 6) is 0.225. The summed E-state index contributed by atoms with van der Waals surface area (Å²) in [4.78, 5) is 14.4. The molecular formula is C14H19IN2OS. The highest BCUT2D eigenvalue weighted by Gasteiger charge is 2.36. The van der Waals surface area contributed by atoms with Gasteiger partial charge in [0.2, 0.25) is 0 Å². The quantitative estimate of drug-likeness (QED) is 0.748. The molecule has 5 heteroatoms. The van der Waals surface area contributed by atoms with Crippen LogP contribution in [0.15, 0.2) is 11.4 Å². The predicted molar refractivity (Wildman–Crippen MR) is 86.7 cm³/mol. The van der Waals surface area contributed by atoms with Crippen LogP contribution in [0.1, 0.15) is 36.0 Å². The van der Waals surface area contributed by atoms with E-state index in [4.69, 9.17) is 0 Å². The fourth-order valence-electron chi connectivity index (χ4n) is 3.25. The van der Waals surface area contributed by atoms with E-state index < -0.39 is 0 Å². The average Bonchev–Trinajstić information content (AvgIpc) is 2.87. The lowest BCUT2D eigenvalue weighted by Crippen LogP contribution is -2.47. The first-order valence-electron chi connectivity index (χ1n) is 6.93. The molecule has 0 radical (unpaired) electrons. The number of halogens is 1. The lowest BCUT2D eigenvalue weighted by Gasteiger charge is -2.44. The molecule has 1 aromatic heterocycles. The number of nitrogens with zero attached hydrogens (tertiary/aromatic N) is 1. The van der Waals surface area contributed by atoms with E-state index in [1.807, 2.05) is 16.3 Å². The van der Waals surface area contributed by atoms with Crippen LogP contribution in [0.2, 0.25) is 0 Å². The van der Waals surface area contributed by atoms with Gasteiger partial charge in [0.15, 0.2) is 0 Å². The van der Waals surface area contributed by atoms with Gasteiger partial charge in [-0.15, -0.1) is 11.3 Å². The van der Waals surface area contributed by atoms with Crippen molar-refractivity contribution in [3.63, 3.8) is 0 Å². The van der Waals surface area contributed by atoms with E-state index in [0.717, 1.165) is 31.7 Å². The van der Waals surface area contributed by atoms with Crippen LogP contribution in [0.25, 0.3) is 0 Å². The van der Waals surface area contributed by atoms with Crippen molar-refractivity contribution in [1.82, 2.24) is 10.2 Å². The Morgan fingerprint density at radius 2 is 1.95 bits per heavy atom. The molecule has 1 amide bonds. The number of nitrogens with one attached hydrogen (secondary N) is 1. The highest BCUT2D eigenvalue weighted by atomic mass is 127. The first-order chi connectivity index (χ1) is 9.19. The third-order valence-corrected chi connectivity index (χ3v) is 6.38. The summed E-state index contributed by atoms with van der Waals surface area (Å²) in [5, 5.41) is 5.42. The molecular weight excluding hydrogens is 371 g/mol. The third kappa shape index (κ3) is 2.97. The number of hydrogen-bond acceptors (Lipinski definition) is 3. The van der Waals surface area contributed by atoms with E-state index in [1.165, 1.54) is 28.6 Å². The van der Waals surface area contributed by atoms with Gasteiger partial charge in [0, 0.05) is 18.5 Å². The lowest BCUT2D eigenvalue weighted by molar-refractivity contribution is 0.0496. The number of carbonyl (C=O) groups excluding carboxylic acids is 1. The van der Waals surface area contributed by atoms with Gasteiger partial charge in [-0.2, -0.15) is 0 Å². The van der Waals surface area contributed by atoms with Crippen molar-refractivity contribution >= 4 is 39.8 Å². The van der Waals surface area contributed by atoms with E-state index >= 15 is 0 Å². The summed E-state index contributed by atoms with van der Waals surface area (Å²) >= 11 is 3.92. The van der Waals surface area contributed by atoms with Crippen molar-refractivity contribution < 1.29 is 4.79 Å². The molecule has 19 heavy (non-hydrogen) atoms. The van der Waals surface area contributed by atoms with Crippen molar-refractivity contribution in [2.75, 3.05) is 26.2 Å². The highest BCUT2D eigenvalue weighted by Crippen LogP contribution is 2.39. The van der Waals surface area contributed by atoms with Crippen LogP contribution in [0.3, 0.4) is 0 Å². The molecule has 0 atom stereocenters. The molecule has 0 aromatic carbocycles. The summed E-state index contributed by atoms with van der Waals surface area (Å²) in [7, 11) is 0. The van der Waals surface area contributed by atoms with Crippen LogP contribution in [-0.2, 0) is 0 Å². The molecule has 3 heterocycles. The first-order valence-corrected chi connectivity index (χ1v) is 8.88. The van der Waals surface area contributed by atoms with Crippen molar-refractivity contribution in [3.05, 3.63) is 19.9 Å². The molecule has 0 unspecified atom stereocenters. The van der Waals surface area contributed by atoms with Crippen LogP contribution < -0.4 is 5.32 Å². The number of amides is 1. The molecule has 0 saturated carbocycles. The maximum atomic E-state index is 12.4. The predicted octanol–water partition coefficient (Wildman–Crippen LogP) is 2.96. The minimum Gasteiger partial charge on any atom is -0.339 e. The van der Waals surface area contributed by atoms with Gasteiger partial charge in [0.1, 0.15) is 0 Å². The van der Waals surface area contributed by atoms with E-state index in [1.54, 1.807) is 11.3 Å². The summed E-state index contributed by atoms with van der Waals surface area (Å²) in [5.41, 5.74) is 1.39. The van der Waals surface area contributed by atoms with Crippen molar-refractivity contribution in [1.29, 1.82) is 0 Å². The van der Waals surface area contributed by atoms with Gasteiger partial charge in [-0.25, -0.2) is 0 Å². The standard InChI is InChI=1S/C14H19IN2OS/c15-12-9-11(10-19-12)13(18)17-7-3-14(4-8-17)1-5-16-6-2-14/h9-10,16H,1-8H2. The van der Waals surface area contributed by atoms with Crippen LogP contribution in [0.5, 0.6) is 0 Å². The van der Waals surface area contributed by atoms with Crippen LogP contribution >= 0.6 is 33.9 Å². The molecule has 2 fully saturated rings. The summed E-state index contributed by atoms with van der Waals surface area (Å²) in [6.07, 6.45) is 4.93. The van der Waals surface area contributed by atoms with Gasteiger partial charge in [0.05, 0.1) is 8.45 Å². The first kappa shape index (κ1) is 13.8. The molecule has 104 valence electrons. The largest absolute Gasteiger partial charge is 0.339 e. The molecule has 3 rings (SSSR count). The fourth-order valence-corrected chi connectivity index (χ4v) is 4.57. The van der Waals surface area contributed by atoms with Gasteiger partial charge >= 0.3 is 0 Å². The van der Waals surface area contributed by atoms with E-state index in [9.17, 15) is 4.79 Å². The molecule has 2 aliphatic heterocycles. The summed E-state index contributed by atoms with van der Waals surface area (Å²) in [6.45, 7) is 4.17. The van der Waals surface area contributed by atoms with Crippen molar-refractivity contribution in [2.45, 2.75) is 25.7 Å². The minimum atomic E-state index is 0.225. The molecule has 2 aliphatic rings. The van der Waals surface area contributed by atoms with Gasteiger partial charge in [-0.1, -0.05) is 0 Å². The molecule has 0 aliphatic carbocycles. The van der Waals surface area contributed by atoms with Crippen LogP contribution in [-0.4, -0.2) is 37.0 Å². The Hall–Kier alpha value is -0.140. The molecule has 1 aromatic rings. The third-order valence-electron chi connectivity index (χ3n) is 4.59. The van der Waals surface area contributed by atoms with E-state index in [-0.39, 0.29) is 5.91 Å². The van der Waals surface area contributed by atoms with Crippen LogP contribution in [0.4, 0.5) is 0 Å². The van der Waals surface area contributed by atoms with Crippen molar-refractivity contribution in [2.24, 2.45) is 5.41 Å². The number of piperidine rings is 2. The maximum Gasteiger partial charge on any atom is 0.254 e. The smallest absolute Gasteiger partial charge is 0.254 e. The second kappa shape index (κ2) is 5.69. The number of rotatable bonds is 1. The molecule has 0 bridgehead atoms. The normalized spacial score (nSPS) is 22.7. The summed E-state index contributed by atoms with van der Waals surface area (Å²) < 4.78 is 1.19. The van der Waals surface area contributed by atoms with Gasteiger partial charge < -0.3 is 10.2 Å². The Labute approximate surface area is 131 Å².